The third kappa shape index (κ3) is 2.42. The molecule has 0 spiro atoms. The number of nitriles is 1. The number of rotatable bonds is 3. The highest BCUT2D eigenvalue weighted by molar-refractivity contribution is 5.49. The van der Waals surface area contributed by atoms with Crippen molar-refractivity contribution in [2.24, 2.45) is 0 Å². The molecule has 0 aliphatic rings. The van der Waals surface area contributed by atoms with Crippen molar-refractivity contribution in [2.75, 3.05) is 18.1 Å². The highest BCUT2D eigenvalue weighted by atomic mass is 19.1. The van der Waals surface area contributed by atoms with Crippen LogP contribution < -0.4 is 4.90 Å². The van der Waals surface area contributed by atoms with Crippen LogP contribution in [0.2, 0.25) is 0 Å². The maximum atomic E-state index is 12.5. The molecule has 3 nitrogen and oxygen atoms in total. The van der Waals surface area contributed by atoms with Crippen LogP contribution >= 0.6 is 0 Å². The molecular formula is C9H9FN2O. The van der Waals surface area contributed by atoms with Gasteiger partial charge < -0.3 is 5.11 Å². The predicted molar refractivity (Wildman–Crippen MR) is 46.4 cm³/mol. The van der Waals surface area contributed by atoms with E-state index in [0.29, 0.717) is 5.69 Å². The second-order valence-corrected chi connectivity index (χ2v) is 2.45. The van der Waals surface area contributed by atoms with Crippen molar-refractivity contribution in [3.8, 4) is 6.19 Å². The Bertz CT molecular complexity index is 304. The number of aliphatic hydroxyl groups is 1. The van der Waals surface area contributed by atoms with Crippen LogP contribution in [0.4, 0.5) is 10.1 Å². The average Bonchev–Trinajstić information content (AvgIpc) is 2.16. The van der Waals surface area contributed by atoms with Gasteiger partial charge in [0.05, 0.1) is 18.8 Å². The van der Waals surface area contributed by atoms with E-state index in [0.717, 1.165) is 0 Å². The maximum Gasteiger partial charge on any atom is 0.184 e. The summed E-state index contributed by atoms with van der Waals surface area (Å²) in [5.74, 6) is -0.342. The summed E-state index contributed by atoms with van der Waals surface area (Å²) >= 11 is 0. The van der Waals surface area contributed by atoms with Crippen LogP contribution in [-0.4, -0.2) is 18.3 Å². The van der Waals surface area contributed by atoms with Crippen molar-refractivity contribution in [3.05, 3.63) is 30.1 Å². The molecule has 0 heterocycles. The summed E-state index contributed by atoms with van der Waals surface area (Å²) in [6, 6.07) is 5.54. The van der Waals surface area contributed by atoms with E-state index in [4.69, 9.17) is 10.4 Å². The Morgan fingerprint density at radius 3 is 2.46 bits per heavy atom. The average molecular weight is 180 g/mol. The highest BCUT2D eigenvalue weighted by Gasteiger charge is 2.03. The van der Waals surface area contributed by atoms with Crippen molar-refractivity contribution in [3.63, 3.8) is 0 Å². The highest BCUT2D eigenvalue weighted by Crippen LogP contribution is 2.13. The fourth-order valence-corrected chi connectivity index (χ4v) is 0.958. The molecule has 1 aromatic carbocycles. The molecule has 68 valence electrons. The third-order valence-electron chi connectivity index (χ3n) is 1.58. The third-order valence-corrected chi connectivity index (χ3v) is 1.58. The number of benzene rings is 1. The molecule has 1 aromatic rings. The molecule has 0 fully saturated rings. The summed E-state index contributed by atoms with van der Waals surface area (Å²) < 4.78 is 12.5. The van der Waals surface area contributed by atoms with E-state index in [9.17, 15) is 4.39 Å². The van der Waals surface area contributed by atoms with Crippen LogP contribution in [0.1, 0.15) is 0 Å². The minimum atomic E-state index is -0.342. The molecule has 0 amide bonds. The standard InChI is InChI=1S/C9H9FN2O/c10-8-1-3-9(4-2-8)12(7-11)5-6-13/h1-4,13H,5-6H2. The van der Waals surface area contributed by atoms with Gasteiger partial charge in [-0.15, -0.1) is 0 Å². The van der Waals surface area contributed by atoms with Crippen LogP contribution in [0, 0.1) is 17.3 Å². The minimum absolute atomic E-state index is 0.106. The largest absolute Gasteiger partial charge is 0.394 e. The quantitative estimate of drug-likeness (QED) is 0.559. The van der Waals surface area contributed by atoms with E-state index in [1.165, 1.54) is 29.2 Å². The van der Waals surface area contributed by atoms with Gasteiger partial charge in [-0.05, 0) is 24.3 Å². The zero-order chi connectivity index (χ0) is 9.68. The van der Waals surface area contributed by atoms with Crippen molar-refractivity contribution < 1.29 is 9.50 Å². The second kappa shape index (κ2) is 4.43. The molecule has 0 bridgehead atoms. The lowest BCUT2D eigenvalue weighted by atomic mass is 10.3. The number of anilines is 1. The molecule has 0 saturated heterocycles. The van der Waals surface area contributed by atoms with Gasteiger partial charge in [0.1, 0.15) is 5.82 Å². The first-order chi connectivity index (χ1) is 6.27. The fourth-order valence-electron chi connectivity index (χ4n) is 0.958. The molecule has 0 radical (unpaired) electrons. The Kier molecular flexibility index (Phi) is 3.23. The second-order valence-electron chi connectivity index (χ2n) is 2.45. The van der Waals surface area contributed by atoms with Gasteiger partial charge in [0.25, 0.3) is 0 Å². The fraction of sp³-hybridized carbons (Fsp3) is 0.222. The topological polar surface area (TPSA) is 47.3 Å². The Labute approximate surface area is 75.6 Å². The van der Waals surface area contributed by atoms with Gasteiger partial charge in [-0.2, -0.15) is 5.26 Å². The normalized spacial score (nSPS) is 9.31. The summed E-state index contributed by atoms with van der Waals surface area (Å²) in [5.41, 5.74) is 0.581. The van der Waals surface area contributed by atoms with Gasteiger partial charge in [-0.3, -0.25) is 4.90 Å². The van der Waals surface area contributed by atoms with Crippen LogP contribution in [0.5, 0.6) is 0 Å². The summed E-state index contributed by atoms with van der Waals surface area (Å²) in [5, 5.41) is 17.3. The molecule has 0 atom stereocenters. The number of hydrogen-bond acceptors (Lipinski definition) is 3. The Morgan fingerprint density at radius 2 is 2.00 bits per heavy atom. The van der Waals surface area contributed by atoms with Gasteiger partial charge in [0, 0.05) is 0 Å². The van der Waals surface area contributed by atoms with Gasteiger partial charge in [-0.25, -0.2) is 4.39 Å². The van der Waals surface area contributed by atoms with Gasteiger partial charge >= 0.3 is 0 Å². The van der Waals surface area contributed by atoms with Crippen LogP contribution in [0.25, 0.3) is 0 Å². The summed E-state index contributed by atoms with van der Waals surface area (Å²) in [6.07, 6.45) is 1.89. The van der Waals surface area contributed by atoms with E-state index in [2.05, 4.69) is 0 Å². The first-order valence-corrected chi connectivity index (χ1v) is 3.81. The first kappa shape index (κ1) is 9.49. The SMILES string of the molecule is N#CN(CCO)c1ccc(F)cc1. The van der Waals surface area contributed by atoms with E-state index >= 15 is 0 Å². The smallest absolute Gasteiger partial charge is 0.184 e. The van der Waals surface area contributed by atoms with E-state index in [1.807, 2.05) is 6.19 Å². The van der Waals surface area contributed by atoms with Crippen LogP contribution in [-0.2, 0) is 0 Å². The molecule has 0 unspecified atom stereocenters. The van der Waals surface area contributed by atoms with Crippen molar-refractivity contribution in [1.82, 2.24) is 0 Å². The van der Waals surface area contributed by atoms with E-state index in [-0.39, 0.29) is 19.0 Å². The Balaban J connectivity index is 2.81. The van der Waals surface area contributed by atoms with Crippen LogP contribution in [0.15, 0.2) is 24.3 Å². The molecule has 1 rings (SSSR count). The summed E-state index contributed by atoms with van der Waals surface area (Å²) in [6.45, 7) is 0.118. The van der Waals surface area contributed by atoms with Crippen molar-refractivity contribution >= 4 is 5.69 Å². The summed E-state index contributed by atoms with van der Waals surface area (Å²) in [7, 11) is 0. The maximum absolute atomic E-state index is 12.5. The number of nitrogens with zero attached hydrogens (tertiary/aromatic N) is 2. The zero-order valence-corrected chi connectivity index (χ0v) is 6.94. The lowest BCUT2D eigenvalue weighted by Crippen LogP contribution is -2.20. The molecule has 0 aliphatic heterocycles. The molecule has 0 saturated carbocycles. The molecule has 0 aliphatic carbocycles. The molecule has 0 aromatic heterocycles. The van der Waals surface area contributed by atoms with Crippen LogP contribution in [0.3, 0.4) is 0 Å². The van der Waals surface area contributed by atoms with E-state index in [1.54, 1.807) is 0 Å². The Morgan fingerprint density at radius 1 is 1.38 bits per heavy atom. The minimum Gasteiger partial charge on any atom is -0.394 e. The lowest BCUT2D eigenvalue weighted by molar-refractivity contribution is 0.306. The van der Waals surface area contributed by atoms with Gasteiger partial charge in [0.2, 0.25) is 0 Å². The molecule has 13 heavy (non-hydrogen) atoms. The predicted octanol–water partition coefficient (Wildman–Crippen LogP) is 1.11. The van der Waals surface area contributed by atoms with Gasteiger partial charge in [-0.1, -0.05) is 0 Å². The van der Waals surface area contributed by atoms with Crippen molar-refractivity contribution in [1.29, 1.82) is 5.26 Å². The number of halogens is 1. The molecule has 4 heteroatoms. The first-order valence-electron chi connectivity index (χ1n) is 3.81. The lowest BCUT2D eigenvalue weighted by Gasteiger charge is -2.13. The number of hydrogen-bond donors (Lipinski definition) is 1. The van der Waals surface area contributed by atoms with E-state index < -0.39 is 0 Å². The monoisotopic (exact) mass is 180 g/mol. The van der Waals surface area contributed by atoms with Crippen molar-refractivity contribution in [2.45, 2.75) is 0 Å². The zero-order valence-electron chi connectivity index (χ0n) is 6.94. The van der Waals surface area contributed by atoms with Gasteiger partial charge in [0.15, 0.2) is 6.19 Å². The molecule has 1 N–H and O–H groups in total. The number of aliphatic hydroxyl groups excluding tert-OH is 1. The molecular weight excluding hydrogens is 171 g/mol. The summed E-state index contributed by atoms with van der Waals surface area (Å²) in [4.78, 5) is 1.29. The Hall–Kier alpha value is -1.60.